The molecule has 0 bridgehead atoms. The molecule has 2 rings (SSSR count). The van der Waals surface area contributed by atoms with Crippen molar-refractivity contribution in [3.05, 3.63) is 11.5 Å². The van der Waals surface area contributed by atoms with Crippen molar-refractivity contribution in [2.24, 2.45) is 5.92 Å². The van der Waals surface area contributed by atoms with Crippen LogP contribution in [0.4, 0.5) is 13.2 Å². The highest BCUT2D eigenvalue weighted by molar-refractivity contribution is 6.38. The van der Waals surface area contributed by atoms with E-state index in [2.05, 4.69) is 4.74 Å². The molecule has 5 nitrogen and oxygen atoms in total. The summed E-state index contributed by atoms with van der Waals surface area (Å²) in [4.78, 5) is 11.9. The maximum absolute atomic E-state index is 11.9. The highest BCUT2D eigenvalue weighted by atomic mass is 19.4. The Morgan fingerprint density at radius 2 is 2.18 bits per heavy atom. The predicted octanol–water partition coefficient (Wildman–Crippen LogP) is -0.184. The molecule has 0 amide bonds. The number of hydrogen-bond donors (Lipinski definition) is 1. The van der Waals surface area contributed by atoms with Gasteiger partial charge in [-0.25, -0.2) is 0 Å². The summed E-state index contributed by atoms with van der Waals surface area (Å²) in [5.74, 6) is -0.957. The maximum Gasteiger partial charge on any atom is 0.411 e. The summed E-state index contributed by atoms with van der Waals surface area (Å²) in [5, 5.41) is 10.1. The Morgan fingerprint density at radius 3 is 2.73 bits per heavy atom. The van der Waals surface area contributed by atoms with E-state index >= 15 is 0 Å². The molecule has 0 saturated carbocycles. The SMILES string of the molecule is BC1=CC2(CO2)C(C(C)OCCOCC(F)(F)F)C(O)C1=O. The smallest absolute Gasteiger partial charge is 0.384 e. The number of ether oxygens (including phenoxy) is 3. The van der Waals surface area contributed by atoms with Gasteiger partial charge in [-0.15, -0.1) is 0 Å². The Morgan fingerprint density at radius 1 is 1.55 bits per heavy atom. The molecule has 0 aromatic heterocycles. The van der Waals surface area contributed by atoms with Gasteiger partial charge in [-0.3, -0.25) is 4.79 Å². The minimum atomic E-state index is -4.37. The molecule has 1 spiro atoms. The van der Waals surface area contributed by atoms with E-state index in [4.69, 9.17) is 9.47 Å². The van der Waals surface area contributed by atoms with Crippen LogP contribution in [0.15, 0.2) is 11.5 Å². The van der Waals surface area contributed by atoms with Gasteiger partial charge >= 0.3 is 6.18 Å². The Hall–Kier alpha value is -0.895. The molecule has 0 radical (unpaired) electrons. The Balaban J connectivity index is 1.85. The van der Waals surface area contributed by atoms with Crippen molar-refractivity contribution < 1.29 is 37.3 Å². The Kier molecular flexibility index (Phi) is 5.01. The molecule has 1 saturated heterocycles. The molecule has 4 unspecified atom stereocenters. The molecule has 1 heterocycles. The van der Waals surface area contributed by atoms with Crippen LogP contribution in [0.3, 0.4) is 0 Å². The normalized spacial score (nSPS) is 33.0. The lowest BCUT2D eigenvalue weighted by Crippen LogP contribution is -2.50. The first kappa shape index (κ1) is 17.5. The second kappa shape index (κ2) is 6.31. The lowest BCUT2D eigenvalue weighted by molar-refractivity contribution is -0.178. The van der Waals surface area contributed by atoms with Gasteiger partial charge in [-0.1, -0.05) is 6.08 Å². The minimum Gasteiger partial charge on any atom is -0.384 e. The van der Waals surface area contributed by atoms with Gasteiger partial charge in [0.25, 0.3) is 0 Å². The first-order chi connectivity index (χ1) is 10.2. The second-order valence-corrected chi connectivity index (χ2v) is 5.65. The van der Waals surface area contributed by atoms with Gasteiger partial charge in [-0.2, -0.15) is 13.2 Å². The highest BCUT2D eigenvalue weighted by Gasteiger charge is 2.58. The number of halogens is 3. The van der Waals surface area contributed by atoms with Gasteiger partial charge in [0.05, 0.1) is 31.8 Å². The third-order valence-corrected chi connectivity index (χ3v) is 3.88. The molecule has 124 valence electrons. The average Bonchev–Trinajstić information content (AvgIpc) is 3.14. The maximum atomic E-state index is 11.9. The van der Waals surface area contributed by atoms with Crippen molar-refractivity contribution >= 4 is 13.6 Å². The van der Waals surface area contributed by atoms with Gasteiger partial charge in [0.15, 0.2) is 5.78 Å². The summed E-state index contributed by atoms with van der Waals surface area (Å²) in [5.41, 5.74) is -0.258. The van der Waals surface area contributed by atoms with Crippen molar-refractivity contribution in [2.45, 2.75) is 30.9 Å². The summed E-state index contributed by atoms with van der Waals surface area (Å²) in [6.07, 6.45) is -4.47. The first-order valence-corrected chi connectivity index (χ1v) is 6.98. The Labute approximate surface area is 126 Å². The van der Waals surface area contributed by atoms with Crippen LogP contribution >= 0.6 is 0 Å². The molecule has 1 fully saturated rings. The van der Waals surface area contributed by atoms with Crippen LogP contribution in [0.5, 0.6) is 0 Å². The van der Waals surface area contributed by atoms with Crippen molar-refractivity contribution in [3.8, 4) is 0 Å². The van der Waals surface area contributed by atoms with Crippen molar-refractivity contribution in [2.75, 3.05) is 26.4 Å². The molecule has 4 atom stereocenters. The first-order valence-electron chi connectivity index (χ1n) is 6.98. The van der Waals surface area contributed by atoms with Crippen LogP contribution < -0.4 is 0 Å². The van der Waals surface area contributed by atoms with E-state index in [1.54, 1.807) is 20.8 Å². The zero-order chi connectivity index (χ0) is 16.5. The number of Topliss-reactive ketones (excluding diaryl/α,β-unsaturated/α-hetero) is 1. The van der Waals surface area contributed by atoms with Crippen LogP contribution in [0, 0.1) is 5.92 Å². The standard InChI is InChI=1S/C13H18BF3O5/c1-7(21-3-2-20-6-13(15,16)17)9-11(19)10(18)8(14)4-12(9)5-22-12/h4,7,9,11,19H,2-3,5-6,14H2,1H3. The monoisotopic (exact) mass is 322 g/mol. The largest absolute Gasteiger partial charge is 0.411 e. The average molecular weight is 322 g/mol. The van der Waals surface area contributed by atoms with Crippen LogP contribution in [-0.4, -0.2) is 69.1 Å². The third kappa shape index (κ3) is 3.89. The van der Waals surface area contributed by atoms with E-state index in [1.165, 1.54) is 0 Å². The molecule has 9 heteroatoms. The topological polar surface area (TPSA) is 68.3 Å². The number of carbonyl (C=O) groups excluding carboxylic acids is 1. The fraction of sp³-hybridized carbons (Fsp3) is 0.769. The molecule has 0 aromatic rings. The number of epoxide rings is 1. The molecule has 22 heavy (non-hydrogen) atoms. The van der Waals surface area contributed by atoms with Crippen LogP contribution in [-0.2, 0) is 19.0 Å². The van der Waals surface area contributed by atoms with Crippen LogP contribution in [0.2, 0.25) is 0 Å². The van der Waals surface area contributed by atoms with Crippen LogP contribution in [0.1, 0.15) is 6.92 Å². The summed E-state index contributed by atoms with van der Waals surface area (Å²) in [6, 6.07) is 0. The lowest BCUT2D eigenvalue weighted by Gasteiger charge is -2.35. The second-order valence-electron chi connectivity index (χ2n) is 5.65. The van der Waals surface area contributed by atoms with Crippen LogP contribution in [0.25, 0.3) is 0 Å². The molecule has 1 aliphatic heterocycles. The number of aliphatic hydroxyl groups excluding tert-OH is 1. The van der Waals surface area contributed by atoms with Gasteiger partial charge in [0.1, 0.15) is 26.2 Å². The number of hydrogen-bond acceptors (Lipinski definition) is 5. The van der Waals surface area contributed by atoms with E-state index < -0.39 is 36.5 Å². The van der Waals surface area contributed by atoms with Crippen molar-refractivity contribution in [1.29, 1.82) is 0 Å². The fourth-order valence-electron chi connectivity index (χ4n) is 2.80. The molecular weight excluding hydrogens is 304 g/mol. The third-order valence-electron chi connectivity index (χ3n) is 3.88. The number of ketones is 1. The number of carbonyl (C=O) groups is 1. The van der Waals surface area contributed by atoms with E-state index in [-0.39, 0.29) is 19.0 Å². The summed E-state index contributed by atoms with van der Waals surface area (Å²) >= 11 is 0. The van der Waals surface area contributed by atoms with Gasteiger partial charge in [0, 0.05) is 0 Å². The number of rotatable bonds is 6. The summed E-state index contributed by atoms with van der Waals surface area (Å²) < 4.78 is 51.0. The number of alkyl halides is 3. The Bertz CT molecular complexity index is 461. The van der Waals surface area contributed by atoms with Gasteiger partial charge in [-0.05, 0) is 12.4 Å². The molecule has 0 aromatic carbocycles. The molecule has 2 aliphatic rings. The zero-order valence-electron chi connectivity index (χ0n) is 12.4. The number of aliphatic hydroxyl groups is 1. The quantitative estimate of drug-likeness (QED) is 0.417. The van der Waals surface area contributed by atoms with Crippen molar-refractivity contribution in [3.63, 3.8) is 0 Å². The lowest BCUT2D eigenvalue weighted by atomic mass is 9.70. The van der Waals surface area contributed by atoms with Gasteiger partial charge in [0.2, 0.25) is 0 Å². The molecule has 1 N–H and O–H groups in total. The highest BCUT2D eigenvalue weighted by Crippen LogP contribution is 2.45. The van der Waals surface area contributed by atoms with E-state index in [0.717, 1.165) is 0 Å². The predicted molar refractivity (Wildman–Crippen MR) is 72.1 cm³/mol. The molecular formula is C13H18BF3O5. The van der Waals surface area contributed by atoms with E-state index in [0.29, 0.717) is 12.1 Å². The van der Waals surface area contributed by atoms with E-state index in [9.17, 15) is 23.1 Å². The minimum absolute atomic E-state index is 0.0621. The zero-order valence-corrected chi connectivity index (χ0v) is 12.4. The van der Waals surface area contributed by atoms with E-state index in [1.807, 2.05) is 0 Å². The summed E-state index contributed by atoms with van der Waals surface area (Å²) in [6.45, 7) is 0.432. The van der Waals surface area contributed by atoms with Gasteiger partial charge < -0.3 is 19.3 Å². The van der Waals surface area contributed by atoms with Crippen molar-refractivity contribution in [1.82, 2.24) is 0 Å². The molecule has 1 aliphatic carbocycles. The summed E-state index contributed by atoms with van der Waals surface area (Å²) in [7, 11) is 1.61. The fourth-order valence-corrected chi connectivity index (χ4v) is 2.80.